The molecule has 0 nitrogen and oxygen atoms in total. The molecule has 0 amide bonds. The Balaban J connectivity index is 1.95. The van der Waals surface area contributed by atoms with Crippen LogP contribution in [0.4, 0.5) is 0 Å². The zero-order chi connectivity index (χ0) is 15.2. The SMILES string of the molecule is Clc1ccc([Se]C=C(c2ccccc2)c2ccccc2)cc1. The van der Waals surface area contributed by atoms with Crippen molar-refractivity contribution in [2.45, 2.75) is 0 Å². The predicted octanol–water partition coefficient (Wildman–Crippen LogP) is 4.76. The molecule has 0 radical (unpaired) electrons. The van der Waals surface area contributed by atoms with Crippen LogP contribution in [0.2, 0.25) is 5.02 Å². The summed E-state index contributed by atoms with van der Waals surface area (Å²) < 4.78 is 1.32. The molecule has 3 aromatic rings. The van der Waals surface area contributed by atoms with Gasteiger partial charge in [0, 0.05) is 0 Å². The van der Waals surface area contributed by atoms with Crippen molar-refractivity contribution < 1.29 is 0 Å². The van der Waals surface area contributed by atoms with Gasteiger partial charge in [0.2, 0.25) is 0 Å². The predicted molar refractivity (Wildman–Crippen MR) is 96.8 cm³/mol. The van der Waals surface area contributed by atoms with E-state index in [-0.39, 0.29) is 15.0 Å². The molecule has 3 aromatic carbocycles. The Kier molecular flexibility index (Phi) is 5.13. The zero-order valence-electron chi connectivity index (χ0n) is 11.9. The summed E-state index contributed by atoms with van der Waals surface area (Å²) in [4.78, 5) is 2.35. The first kappa shape index (κ1) is 15.1. The number of halogens is 1. The molecule has 0 atom stereocenters. The van der Waals surface area contributed by atoms with Crippen molar-refractivity contribution in [2.75, 3.05) is 0 Å². The van der Waals surface area contributed by atoms with Crippen molar-refractivity contribution in [3.8, 4) is 0 Å². The Morgan fingerprint density at radius 1 is 0.682 bits per heavy atom. The summed E-state index contributed by atoms with van der Waals surface area (Å²) in [5, 5.41) is 0.787. The van der Waals surface area contributed by atoms with Gasteiger partial charge in [0.1, 0.15) is 0 Å². The number of hydrogen-bond donors (Lipinski definition) is 0. The molecule has 3 rings (SSSR count). The summed E-state index contributed by atoms with van der Waals surface area (Å²) in [5.41, 5.74) is 3.80. The van der Waals surface area contributed by atoms with Crippen LogP contribution in [0.1, 0.15) is 11.1 Å². The van der Waals surface area contributed by atoms with Gasteiger partial charge in [-0.1, -0.05) is 0 Å². The molecular weight excluding hydrogens is 355 g/mol. The molecule has 0 spiro atoms. The molecule has 0 N–H and O–H groups in total. The normalized spacial score (nSPS) is 10.2. The molecule has 2 heteroatoms. The van der Waals surface area contributed by atoms with E-state index < -0.39 is 0 Å². The van der Waals surface area contributed by atoms with Gasteiger partial charge in [0.25, 0.3) is 0 Å². The van der Waals surface area contributed by atoms with E-state index >= 15 is 0 Å². The second-order valence-electron chi connectivity index (χ2n) is 4.84. The van der Waals surface area contributed by atoms with E-state index in [9.17, 15) is 0 Å². The van der Waals surface area contributed by atoms with E-state index in [1.807, 2.05) is 12.1 Å². The van der Waals surface area contributed by atoms with Crippen molar-refractivity contribution in [2.24, 2.45) is 0 Å². The Labute approximate surface area is 142 Å². The van der Waals surface area contributed by atoms with E-state index in [1.54, 1.807) is 0 Å². The van der Waals surface area contributed by atoms with Crippen LogP contribution < -0.4 is 4.46 Å². The fourth-order valence-corrected chi connectivity index (χ4v) is 4.02. The molecule has 0 aliphatic rings. The van der Waals surface area contributed by atoms with Gasteiger partial charge in [0.15, 0.2) is 0 Å². The van der Waals surface area contributed by atoms with Crippen molar-refractivity contribution >= 4 is 36.6 Å². The molecule has 0 saturated carbocycles. The average molecular weight is 370 g/mol. The maximum atomic E-state index is 5.96. The second-order valence-corrected chi connectivity index (χ2v) is 7.25. The van der Waals surface area contributed by atoms with Crippen LogP contribution >= 0.6 is 11.6 Å². The van der Waals surface area contributed by atoms with Crippen LogP contribution in [-0.2, 0) is 0 Å². The van der Waals surface area contributed by atoms with E-state index in [4.69, 9.17) is 11.6 Å². The van der Waals surface area contributed by atoms with Gasteiger partial charge in [0.05, 0.1) is 0 Å². The number of rotatable bonds is 4. The van der Waals surface area contributed by atoms with Crippen molar-refractivity contribution in [3.63, 3.8) is 0 Å². The Morgan fingerprint density at radius 3 is 1.68 bits per heavy atom. The van der Waals surface area contributed by atoms with Gasteiger partial charge < -0.3 is 0 Å². The summed E-state index contributed by atoms with van der Waals surface area (Å²) in [6.45, 7) is 0. The molecule has 0 aliphatic heterocycles. The molecular formula is C20H15ClSe. The Morgan fingerprint density at radius 2 is 1.18 bits per heavy atom. The summed E-state index contributed by atoms with van der Waals surface area (Å²) in [6.07, 6.45) is 0. The van der Waals surface area contributed by atoms with E-state index in [1.165, 1.54) is 21.2 Å². The van der Waals surface area contributed by atoms with E-state index in [2.05, 4.69) is 77.8 Å². The molecule has 108 valence electrons. The van der Waals surface area contributed by atoms with Crippen LogP contribution in [-0.4, -0.2) is 15.0 Å². The standard InChI is InChI=1S/C20H15ClSe/c21-18-11-13-19(14-12-18)22-15-20(16-7-3-1-4-8-16)17-9-5-2-6-10-17/h1-15H. The van der Waals surface area contributed by atoms with Crippen LogP contribution in [0.5, 0.6) is 0 Å². The number of hydrogen-bond acceptors (Lipinski definition) is 0. The van der Waals surface area contributed by atoms with Gasteiger partial charge in [-0.15, -0.1) is 0 Å². The third kappa shape index (κ3) is 3.90. The molecule has 0 aliphatic carbocycles. The van der Waals surface area contributed by atoms with Crippen LogP contribution in [0.15, 0.2) is 89.9 Å². The molecule has 22 heavy (non-hydrogen) atoms. The summed E-state index contributed by atoms with van der Waals surface area (Å²) in [5.74, 6) is 0. The third-order valence-corrected chi connectivity index (χ3v) is 5.43. The van der Waals surface area contributed by atoms with Crippen LogP contribution in [0, 0.1) is 0 Å². The maximum absolute atomic E-state index is 5.96. The minimum atomic E-state index is 0.269. The Bertz CT molecular complexity index is 705. The van der Waals surface area contributed by atoms with Gasteiger partial charge in [-0.05, 0) is 0 Å². The average Bonchev–Trinajstić information content (AvgIpc) is 2.59. The van der Waals surface area contributed by atoms with Crippen LogP contribution in [0.25, 0.3) is 5.57 Å². The topological polar surface area (TPSA) is 0 Å². The molecule has 0 bridgehead atoms. The first-order valence-corrected chi connectivity index (χ1v) is 9.28. The van der Waals surface area contributed by atoms with Gasteiger partial charge in [-0.2, -0.15) is 0 Å². The number of benzene rings is 3. The first-order chi connectivity index (χ1) is 10.8. The van der Waals surface area contributed by atoms with Gasteiger partial charge >= 0.3 is 143 Å². The van der Waals surface area contributed by atoms with Crippen molar-refractivity contribution in [1.29, 1.82) is 0 Å². The summed E-state index contributed by atoms with van der Waals surface area (Å²) in [7, 11) is 0. The fourth-order valence-electron chi connectivity index (χ4n) is 2.18. The molecule has 0 fully saturated rings. The van der Waals surface area contributed by atoms with Crippen molar-refractivity contribution in [3.05, 3.63) is 106 Å². The third-order valence-electron chi connectivity index (χ3n) is 3.30. The van der Waals surface area contributed by atoms with Gasteiger partial charge in [-0.3, -0.25) is 0 Å². The quantitative estimate of drug-likeness (QED) is 0.582. The second kappa shape index (κ2) is 7.47. The van der Waals surface area contributed by atoms with E-state index in [0.29, 0.717) is 0 Å². The first-order valence-electron chi connectivity index (χ1n) is 7.06. The Hall–Kier alpha value is -1.79. The molecule has 0 aromatic heterocycles. The van der Waals surface area contributed by atoms with Crippen LogP contribution in [0.3, 0.4) is 0 Å². The van der Waals surface area contributed by atoms with E-state index in [0.717, 1.165) is 5.02 Å². The minimum absolute atomic E-state index is 0.269. The fraction of sp³-hybridized carbons (Fsp3) is 0. The molecule has 0 unspecified atom stereocenters. The van der Waals surface area contributed by atoms with Gasteiger partial charge in [-0.25, -0.2) is 0 Å². The molecule has 0 saturated heterocycles. The summed E-state index contributed by atoms with van der Waals surface area (Å²) >= 11 is 6.23. The zero-order valence-corrected chi connectivity index (χ0v) is 14.4. The monoisotopic (exact) mass is 370 g/mol. The molecule has 0 heterocycles. The summed E-state index contributed by atoms with van der Waals surface area (Å²) in [6, 6.07) is 29.2. The van der Waals surface area contributed by atoms with Crippen molar-refractivity contribution in [1.82, 2.24) is 0 Å².